The quantitative estimate of drug-likeness (QED) is 0.868. The van der Waals surface area contributed by atoms with E-state index >= 15 is 0 Å². The molecule has 1 aliphatic carbocycles. The van der Waals surface area contributed by atoms with Crippen LogP contribution < -0.4 is 15.4 Å². The van der Waals surface area contributed by atoms with Crippen molar-refractivity contribution < 1.29 is 9.53 Å². The van der Waals surface area contributed by atoms with Crippen LogP contribution in [0, 0.1) is 5.92 Å². The summed E-state index contributed by atoms with van der Waals surface area (Å²) >= 11 is 0. The third kappa shape index (κ3) is 4.76. The molecule has 0 unspecified atom stereocenters. The number of benzene rings is 1. The van der Waals surface area contributed by atoms with E-state index in [1.165, 1.54) is 32.1 Å². The number of hydrogen-bond acceptors (Lipinski definition) is 2. The van der Waals surface area contributed by atoms with Crippen molar-refractivity contribution in [2.45, 2.75) is 38.6 Å². The predicted octanol–water partition coefficient (Wildman–Crippen LogP) is 3.07. The van der Waals surface area contributed by atoms with Crippen LogP contribution in [0.5, 0.6) is 5.75 Å². The van der Waals surface area contributed by atoms with Crippen LogP contribution in [-0.4, -0.2) is 19.7 Å². The molecular weight excluding hydrogens is 252 g/mol. The summed E-state index contributed by atoms with van der Waals surface area (Å²) in [5.74, 6) is 1.47. The van der Waals surface area contributed by atoms with Crippen molar-refractivity contribution in [2.24, 2.45) is 5.92 Å². The Hall–Kier alpha value is -1.71. The van der Waals surface area contributed by atoms with Gasteiger partial charge in [0.25, 0.3) is 0 Å². The molecule has 1 aromatic rings. The Morgan fingerprint density at radius 3 is 2.80 bits per heavy atom. The average molecular weight is 276 g/mol. The van der Waals surface area contributed by atoms with E-state index in [1.807, 2.05) is 24.3 Å². The van der Waals surface area contributed by atoms with Crippen LogP contribution in [-0.2, 0) is 6.54 Å². The van der Waals surface area contributed by atoms with E-state index in [4.69, 9.17) is 4.74 Å². The van der Waals surface area contributed by atoms with Gasteiger partial charge in [-0.25, -0.2) is 4.79 Å². The molecule has 0 spiro atoms. The summed E-state index contributed by atoms with van der Waals surface area (Å²) in [6.07, 6.45) is 6.44. The molecule has 0 atom stereocenters. The number of carbonyl (C=O) groups is 1. The van der Waals surface area contributed by atoms with Crippen LogP contribution in [0.3, 0.4) is 0 Å². The van der Waals surface area contributed by atoms with Gasteiger partial charge in [-0.2, -0.15) is 0 Å². The van der Waals surface area contributed by atoms with Crippen molar-refractivity contribution in [3.63, 3.8) is 0 Å². The van der Waals surface area contributed by atoms with Crippen molar-refractivity contribution >= 4 is 6.03 Å². The zero-order valence-corrected chi connectivity index (χ0v) is 12.2. The van der Waals surface area contributed by atoms with Crippen molar-refractivity contribution in [1.29, 1.82) is 0 Å². The molecule has 2 N–H and O–H groups in total. The number of amides is 2. The molecule has 4 nitrogen and oxygen atoms in total. The predicted molar refractivity (Wildman–Crippen MR) is 79.8 cm³/mol. The van der Waals surface area contributed by atoms with Crippen LogP contribution in [0.2, 0.25) is 0 Å². The monoisotopic (exact) mass is 276 g/mol. The van der Waals surface area contributed by atoms with Crippen molar-refractivity contribution in [3.8, 4) is 5.75 Å². The molecule has 0 aromatic heterocycles. The molecular formula is C16H24N2O2. The third-order valence-electron chi connectivity index (χ3n) is 3.86. The maximum Gasteiger partial charge on any atom is 0.315 e. The summed E-state index contributed by atoms with van der Waals surface area (Å²) in [4.78, 5) is 11.8. The van der Waals surface area contributed by atoms with E-state index in [0.29, 0.717) is 12.5 Å². The number of urea groups is 1. The molecule has 2 amide bonds. The Bertz CT molecular complexity index is 428. The zero-order chi connectivity index (χ0) is 14.2. The van der Waals surface area contributed by atoms with Gasteiger partial charge in [0, 0.05) is 13.1 Å². The third-order valence-corrected chi connectivity index (χ3v) is 3.86. The van der Waals surface area contributed by atoms with Crippen molar-refractivity contribution in [2.75, 3.05) is 13.7 Å². The smallest absolute Gasteiger partial charge is 0.315 e. The highest BCUT2D eigenvalue weighted by Gasteiger charge is 2.13. The summed E-state index contributed by atoms with van der Waals surface area (Å²) in [7, 11) is 1.64. The molecule has 2 rings (SSSR count). The second-order valence-corrected chi connectivity index (χ2v) is 5.42. The normalized spacial score (nSPS) is 15.7. The minimum atomic E-state index is -0.0848. The Kier molecular flexibility index (Phi) is 5.71. The maximum absolute atomic E-state index is 11.8. The number of nitrogens with one attached hydrogen (secondary N) is 2. The van der Waals surface area contributed by atoms with E-state index in [9.17, 15) is 4.79 Å². The van der Waals surface area contributed by atoms with Crippen LogP contribution >= 0.6 is 0 Å². The van der Waals surface area contributed by atoms with Gasteiger partial charge in [0.05, 0.1) is 7.11 Å². The Balaban J connectivity index is 1.68. The summed E-state index contributed by atoms with van der Waals surface area (Å²) in [6, 6.07) is 7.65. The van der Waals surface area contributed by atoms with Gasteiger partial charge in [-0.05, 0) is 36.5 Å². The van der Waals surface area contributed by atoms with E-state index in [-0.39, 0.29) is 6.03 Å². The van der Waals surface area contributed by atoms with E-state index < -0.39 is 0 Å². The second-order valence-electron chi connectivity index (χ2n) is 5.42. The molecule has 1 fully saturated rings. The van der Waals surface area contributed by atoms with Gasteiger partial charge < -0.3 is 15.4 Å². The standard InChI is InChI=1S/C16H24N2O2/c1-20-15-9-5-8-14(10-15)12-18-16(19)17-11-13-6-3-2-4-7-13/h5,8-10,13H,2-4,6-7,11-12H2,1H3,(H2,17,18,19). The first-order chi connectivity index (χ1) is 9.78. The summed E-state index contributed by atoms with van der Waals surface area (Å²) in [5.41, 5.74) is 1.04. The van der Waals surface area contributed by atoms with Gasteiger partial charge >= 0.3 is 6.03 Å². The lowest BCUT2D eigenvalue weighted by Gasteiger charge is -2.21. The molecule has 1 saturated carbocycles. The molecule has 4 heteroatoms. The van der Waals surface area contributed by atoms with Crippen LogP contribution in [0.25, 0.3) is 0 Å². The van der Waals surface area contributed by atoms with Gasteiger partial charge in [-0.15, -0.1) is 0 Å². The highest BCUT2D eigenvalue weighted by atomic mass is 16.5. The first kappa shape index (κ1) is 14.7. The van der Waals surface area contributed by atoms with Crippen LogP contribution in [0.1, 0.15) is 37.7 Å². The number of carbonyl (C=O) groups excluding carboxylic acids is 1. The molecule has 20 heavy (non-hydrogen) atoms. The molecule has 0 aliphatic heterocycles. The minimum Gasteiger partial charge on any atom is -0.497 e. The molecule has 0 heterocycles. The molecule has 0 bridgehead atoms. The fourth-order valence-corrected chi connectivity index (χ4v) is 2.66. The number of hydrogen-bond donors (Lipinski definition) is 2. The Morgan fingerprint density at radius 1 is 1.25 bits per heavy atom. The fraction of sp³-hybridized carbons (Fsp3) is 0.562. The van der Waals surface area contributed by atoms with Gasteiger partial charge in [-0.1, -0.05) is 31.4 Å². The highest BCUT2D eigenvalue weighted by Crippen LogP contribution is 2.22. The lowest BCUT2D eigenvalue weighted by molar-refractivity contribution is 0.236. The lowest BCUT2D eigenvalue weighted by atomic mass is 9.89. The summed E-state index contributed by atoms with van der Waals surface area (Å²) in [6.45, 7) is 1.32. The van der Waals surface area contributed by atoms with Gasteiger partial charge in [0.1, 0.15) is 5.75 Å². The number of methoxy groups -OCH3 is 1. The summed E-state index contributed by atoms with van der Waals surface area (Å²) in [5, 5.41) is 5.85. The first-order valence-corrected chi connectivity index (χ1v) is 7.42. The van der Waals surface area contributed by atoms with Crippen LogP contribution in [0.15, 0.2) is 24.3 Å². The van der Waals surface area contributed by atoms with Crippen molar-refractivity contribution in [3.05, 3.63) is 29.8 Å². The lowest BCUT2D eigenvalue weighted by Crippen LogP contribution is -2.38. The summed E-state index contributed by atoms with van der Waals surface area (Å²) < 4.78 is 5.16. The largest absolute Gasteiger partial charge is 0.497 e. The second kappa shape index (κ2) is 7.78. The molecule has 1 aromatic carbocycles. The minimum absolute atomic E-state index is 0.0848. The first-order valence-electron chi connectivity index (χ1n) is 7.42. The maximum atomic E-state index is 11.8. The number of ether oxygens (including phenoxy) is 1. The van der Waals surface area contributed by atoms with Gasteiger partial charge in [0.15, 0.2) is 0 Å². The van der Waals surface area contributed by atoms with Gasteiger partial charge in [0.2, 0.25) is 0 Å². The van der Waals surface area contributed by atoms with Gasteiger partial charge in [-0.3, -0.25) is 0 Å². The number of rotatable bonds is 5. The highest BCUT2D eigenvalue weighted by molar-refractivity contribution is 5.73. The molecule has 110 valence electrons. The Labute approximate surface area is 120 Å². The molecule has 0 radical (unpaired) electrons. The van der Waals surface area contributed by atoms with Crippen LogP contribution in [0.4, 0.5) is 4.79 Å². The Morgan fingerprint density at radius 2 is 2.05 bits per heavy atom. The van der Waals surface area contributed by atoms with Crippen molar-refractivity contribution in [1.82, 2.24) is 10.6 Å². The van der Waals surface area contributed by atoms with E-state index in [0.717, 1.165) is 17.9 Å². The topological polar surface area (TPSA) is 50.4 Å². The zero-order valence-electron chi connectivity index (χ0n) is 12.2. The van der Waals surface area contributed by atoms with E-state index in [1.54, 1.807) is 7.11 Å². The SMILES string of the molecule is COc1cccc(CNC(=O)NCC2CCCCC2)c1. The molecule has 1 aliphatic rings. The average Bonchev–Trinajstić information content (AvgIpc) is 2.52. The van der Waals surface area contributed by atoms with E-state index in [2.05, 4.69) is 10.6 Å². The fourth-order valence-electron chi connectivity index (χ4n) is 2.66. The molecule has 0 saturated heterocycles.